The van der Waals surface area contributed by atoms with E-state index >= 15 is 0 Å². The highest BCUT2D eigenvalue weighted by Crippen LogP contribution is 1.95. The zero-order chi connectivity index (χ0) is 10.2. The minimum Gasteiger partial charge on any atom is -0.461 e. The van der Waals surface area contributed by atoms with E-state index in [4.69, 9.17) is 4.74 Å². The molecule has 0 aromatic rings. The van der Waals surface area contributed by atoms with Crippen LogP contribution in [0.1, 0.15) is 6.42 Å². The zero-order valence-corrected chi connectivity index (χ0v) is 8.50. The number of carbonyl (C=O) groups is 1. The molecule has 4 nitrogen and oxygen atoms in total. The smallest absolute Gasteiger partial charge is 0.307 e. The Morgan fingerprint density at radius 2 is 2.21 bits per heavy atom. The molecule has 0 saturated carbocycles. The van der Waals surface area contributed by atoms with Gasteiger partial charge in [-0.05, 0) is 0 Å². The fraction of sp³-hybridized carbons (Fsp3) is 0.700. The predicted molar refractivity (Wildman–Crippen MR) is 55.1 cm³/mol. The van der Waals surface area contributed by atoms with Crippen molar-refractivity contribution in [2.75, 3.05) is 39.3 Å². The second-order valence-electron chi connectivity index (χ2n) is 3.31. The predicted octanol–water partition coefficient (Wildman–Crippen LogP) is 0.0109. The van der Waals surface area contributed by atoms with Crippen LogP contribution in [0.5, 0.6) is 0 Å². The minimum absolute atomic E-state index is 0.136. The number of nitrogens with zero attached hydrogens (tertiary/aromatic N) is 1. The summed E-state index contributed by atoms with van der Waals surface area (Å²) in [6.45, 7) is 8.69. The molecule has 1 saturated heterocycles. The highest BCUT2D eigenvalue weighted by Gasteiger charge is 2.11. The molecule has 1 aliphatic rings. The van der Waals surface area contributed by atoms with Gasteiger partial charge in [0.1, 0.15) is 6.61 Å². The van der Waals surface area contributed by atoms with Gasteiger partial charge in [0, 0.05) is 32.7 Å². The Bertz CT molecular complexity index is 189. The van der Waals surface area contributed by atoms with Crippen LogP contribution in [-0.2, 0) is 9.53 Å². The van der Waals surface area contributed by atoms with Crippen molar-refractivity contribution in [1.29, 1.82) is 0 Å². The maximum absolute atomic E-state index is 11.1. The molecule has 80 valence electrons. The first-order valence-electron chi connectivity index (χ1n) is 5.02. The van der Waals surface area contributed by atoms with Crippen molar-refractivity contribution < 1.29 is 9.53 Å². The number of carbonyl (C=O) groups excluding carboxylic acids is 1. The Labute approximate surface area is 84.9 Å². The van der Waals surface area contributed by atoms with Gasteiger partial charge in [0.25, 0.3) is 0 Å². The Morgan fingerprint density at radius 1 is 1.50 bits per heavy atom. The van der Waals surface area contributed by atoms with Gasteiger partial charge in [-0.15, -0.1) is 0 Å². The maximum atomic E-state index is 11.1. The van der Waals surface area contributed by atoms with Crippen LogP contribution >= 0.6 is 0 Å². The van der Waals surface area contributed by atoms with Gasteiger partial charge in [-0.2, -0.15) is 0 Å². The van der Waals surface area contributed by atoms with Gasteiger partial charge in [0.15, 0.2) is 0 Å². The summed E-state index contributed by atoms with van der Waals surface area (Å²) < 4.78 is 4.88. The Kier molecular flexibility index (Phi) is 5.25. The number of piperazine rings is 1. The molecule has 0 amide bonds. The van der Waals surface area contributed by atoms with Crippen LogP contribution in [-0.4, -0.2) is 50.2 Å². The van der Waals surface area contributed by atoms with E-state index in [9.17, 15) is 4.79 Å². The van der Waals surface area contributed by atoms with Gasteiger partial charge in [-0.25, -0.2) is 0 Å². The fourth-order valence-corrected chi connectivity index (χ4v) is 1.41. The first kappa shape index (κ1) is 11.2. The van der Waals surface area contributed by atoms with E-state index in [0.29, 0.717) is 13.0 Å². The standard InChI is InChI=1S/C10H18N2O2/c1-2-9-14-10(13)3-6-12-7-4-11-5-8-12/h2,11H,1,3-9H2. The lowest BCUT2D eigenvalue weighted by atomic mass is 10.3. The third-order valence-corrected chi connectivity index (χ3v) is 2.20. The van der Waals surface area contributed by atoms with Crippen LogP contribution < -0.4 is 5.32 Å². The summed E-state index contributed by atoms with van der Waals surface area (Å²) in [5.41, 5.74) is 0. The lowest BCUT2D eigenvalue weighted by molar-refractivity contribution is -0.142. The van der Waals surface area contributed by atoms with Gasteiger partial charge in [0.2, 0.25) is 0 Å². The number of hydrogen-bond acceptors (Lipinski definition) is 4. The van der Waals surface area contributed by atoms with Crippen molar-refractivity contribution in [2.45, 2.75) is 6.42 Å². The molecule has 0 aliphatic carbocycles. The molecule has 1 N–H and O–H groups in total. The number of rotatable bonds is 5. The van der Waals surface area contributed by atoms with Crippen LogP contribution in [0.4, 0.5) is 0 Å². The monoisotopic (exact) mass is 198 g/mol. The normalized spacial score (nSPS) is 17.7. The molecule has 1 fully saturated rings. The van der Waals surface area contributed by atoms with Crippen molar-refractivity contribution in [3.63, 3.8) is 0 Å². The van der Waals surface area contributed by atoms with E-state index in [2.05, 4.69) is 16.8 Å². The van der Waals surface area contributed by atoms with Crippen molar-refractivity contribution in [2.24, 2.45) is 0 Å². The van der Waals surface area contributed by atoms with Crippen LogP contribution in [0.2, 0.25) is 0 Å². The van der Waals surface area contributed by atoms with Crippen molar-refractivity contribution in [3.8, 4) is 0 Å². The summed E-state index contributed by atoms with van der Waals surface area (Å²) in [7, 11) is 0. The van der Waals surface area contributed by atoms with Gasteiger partial charge >= 0.3 is 5.97 Å². The molecule has 0 aromatic heterocycles. The van der Waals surface area contributed by atoms with Crippen LogP contribution in [0.15, 0.2) is 12.7 Å². The summed E-state index contributed by atoms with van der Waals surface area (Å²) >= 11 is 0. The molecule has 0 aromatic carbocycles. The molecule has 0 atom stereocenters. The Balaban J connectivity index is 2.06. The number of ether oxygens (including phenoxy) is 1. The summed E-state index contributed by atoms with van der Waals surface area (Å²) in [6.07, 6.45) is 2.07. The largest absolute Gasteiger partial charge is 0.461 e. The lowest BCUT2D eigenvalue weighted by Crippen LogP contribution is -2.44. The molecule has 1 aliphatic heterocycles. The number of hydrogen-bond donors (Lipinski definition) is 1. The second kappa shape index (κ2) is 6.56. The molecule has 4 heteroatoms. The summed E-state index contributed by atoms with van der Waals surface area (Å²) in [4.78, 5) is 13.4. The number of esters is 1. The molecule has 0 unspecified atom stereocenters. The van der Waals surface area contributed by atoms with Crippen LogP contribution in [0, 0.1) is 0 Å². The van der Waals surface area contributed by atoms with Gasteiger partial charge < -0.3 is 15.0 Å². The van der Waals surface area contributed by atoms with Crippen LogP contribution in [0.25, 0.3) is 0 Å². The SMILES string of the molecule is C=CCOC(=O)CCN1CCNCC1. The highest BCUT2D eigenvalue weighted by molar-refractivity contribution is 5.69. The van der Waals surface area contributed by atoms with Crippen LogP contribution in [0.3, 0.4) is 0 Å². The topological polar surface area (TPSA) is 41.6 Å². The number of nitrogens with one attached hydrogen (secondary N) is 1. The van der Waals surface area contributed by atoms with Crippen molar-refractivity contribution >= 4 is 5.97 Å². The molecule has 0 spiro atoms. The molecule has 0 radical (unpaired) electrons. The lowest BCUT2D eigenvalue weighted by Gasteiger charge is -2.26. The first-order valence-corrected chi connectivity index (χ1v) is 5.02. The Hall–Kier alpha value is -0.870. The third-order valence-electron chi connectivity index (χ3n) is 2.20. The molecule has 1 rings (SSSR count). The fourth-order valence-electron chi connectivity index (χ4n) is 1.41. The van der Waals surface area contributed by atoms with Gasteiger partial charge in [-0.1, -0.05) is 12.7 Å². The van der Waals surface area contributed by atoms with Crippen molar-refractivity contribution in [1.82, 2.24) is 10.2 Å². The zero-order valence-electron chi connectivity index (χ0n) is 8.50. The van der Waals surface area contributed by atoms with E-state index in [1.807, 2.05) is 0 Å². The summed E-state index contributed by atoms with van der Waals surface area (Å²) in [6, 6.07) is 0. The molecular weight excluding hydrogens is 180 g/mol. The van der Waals surface area contributed by atoms with E-state index in [-0.39, 0.29) is 5.97 Å². The molecule has 0 bridgehead atoms. The molecule has 1 heterocycles. The maximum Gasteiger partial charge on any atom is 0.307 e. The molecular formula is C10H18N2O2. The summed E-state index contributed by atoms with van der Waals surface area (Å²) in [5.74, 6) is -0.136. The second-order valence-corrected chi connectivity index (χ2v) is 3.31. The van der Waals surface area contributed by atoms with Gasteiger partial charge in [-0.3, -0.25) is 4.79 Å². The minimum atomic E-state index is -0.136. The Morgan fingerprint density at radius 3 is 2.86 bits per heavy atom. The first-order chi connectivity index (χ1) is 6.83. The van der Waals surface area contributed by atoms with E-state index < -0.39 is 0 Å². The average molecular weight is 198 g/mol. The van der Waals surface area contributed by atoms with Crippen molar-refractivity contribution in [3.05, 3.63) is 12.7 Å². The average Bonchev–Trinajstić information content (AvgIpc) is 2.25. The highest BCUT2D eigenvalue weighted by atomic mass is 16.5. The summed E-state index contributed by atoms with van der Waals surface area (Å²) in [5, 5.41) is 3.27. The van der Waals surface area contributed by atoms with E-state index in [1.165, 1.54) is 0 Å². The van der Waals surface area contributed by atoms with E-state index in [1.54, 1.807) is 6.08 Å². The molecule has 14 heavy (non-hydrogen) atoms. The third kappa shape index (κ3) is 4.39. The van der Waals surface area contributed by atoms with Gasteiger partial charge in [0.05, 0.1) is 6.42 Å². The quantitative estimate of drug-likeness (QED) is 0.499. The van der Waals surface area contributed by atoms with E-state index in [0.717, 1.165) is 32.7 Å².